The van der Waals surface area contributed by atoms with Crippen molar-refractivity contribution in [2.45, 2.75) is 53.8 Å². The molecule has 3 aromatic rings. The molecule has 0 saturated heterocycles. The predicted molar refractivity (Wildman–Crippen MR) is 126 cm³/mol. The van der Waals surface area contributed by atoms with Gasteiger partial charge in [0.25, 0.3) is 5.91 Å². The van der Waals surface area contributed by atoms with E-state index in [2.05, 4.69) is 44.7 Å². The van der Waals surface area contributed by atoms with Crippen LogP contribution in [-0.2, 0) is 13.1 Å². The van der Waals surface area contributed by atoms with Crippen molar-refractivity contribution < 1.29 is 4.79 Å². The minimum atomic E-state index is 0.0222. The van der Waals surface area contributed by atoms with Crippen LogP contribution in [0.15, 0.2) is 54.6 Å². The molecule has 5 heteroatoms. The van der Waals surface area contributed by atoms with Gasteiger partial charge in [-0.1, -0.05) is 37.3 Å². The van der Waals surface area contributed by atoms with Crippen molar-refractivity contribution in [3.63, 3.8) is 0 Å². The monoisotopic (exact) mass is 418 g/mol. The van der Waals surface area contributed by atoms with Crippen molar-refractivity contribution in [2.24, 2.45) is 0 Å². The van der Waals surface area contributed by atoms with E-state index in [1.165, 1.54) is 5.56 Å². The molecule has 0 bridgehead atoms. The molecule has 0 unspecified atom stereocenters. The zero-order valence-electron chi connectivity index (χ0n) is 19.6. The minimum Gasteiger partial charge on any atom is -0.337 e. The first-order valence-electron chi connectivity index (χ1n) is 11.0. The van der Waals surface area contributed by atoms with Crippen molar-refractivity contribution in [1.82, 2.24) is 19.6 Å². The molecule has 5 nitrogen and oxygen atoms in total. The number of benzene rings is 2. The number of hydrogen-bond donors (Lipinski definition) is 0. The second kappa shape index (κ2) is 9.92. The Morgan fingerprint density at radius 1 is 1.00 bits per heavy atom. The van der Waals surface area contributed by atoms with E-state index in [1.54, 1.807) is 4.90 Å². The van der Waals surface area contributed by atoms with Crippen molar-refractivity contribution in [3.8, 4) is 5.69 Å². The Balaban J connectivity index is 1.72. The van der Waals surface area contributed by atoms with Gasteiger partial charge in [-0.3, -0.25) is 9.69 Å². The van der Waals surface area contributed by atoms with Gasteiger partial charge in [-0.05, 0) is 64.1 Å². The first-order chi connectivity index (χ1) is 14.8. The number of nitrogens with zero attached hydrogens (tertiary/aromatic N) is 4. The number of aryl methyl sites for hydroxylation is 1. The lowest BCUT2D eigenvalue weighted by Crippen LogP contribution is -2.30. The molecule has 1 heterocycles. The molecule has 1 aromatic heterocycles. The summed E-state index contributed by atoms with van der Waals surface area (Å²) in [6.45, 7) is 13.1. The van der Waals surface area contributed by atoms with Gasteiger partial charge in [0.1, 0.15) is 0 Å². The number of hydrogen-bond acceptors (Lipinski definition) is 3. The Labute approximate surface area is 186 Å². The summed E-state index contributed by atoms with van der Waals surface area (Å²) in [6, 6.07) is 18.6. The van der Waals surface area contributed by atoms with Crippen molar-refractivity contribution in [3.05, 3.63) is 82.7 Å². The molecule has 0 N–H and O–H groups in total. The van der Waals surface area contributed by atoms with Crippen LogP contribution >= 0.6 is 0 Å². The molecule has 2 aromatic carbocycles. The topological polar surface area (TPSA) is 41.4 Å². The molecule has 31 heavy (non-hydrogen) atoms. The smallest absolute Gasteiger partial charge is 0.253 e. The average molecular weight is 419 g/mol. The molecule has 0 aliphatic heterocycles. The van der Waals surface area contributed by atoms with E-state index >= 15 is 0 Å². The largest absolute Gasteiger partial charge is 0.337 e. The van der Waals surface area contributed by atoms with Crippen molar-refractivity contribution in [1.29, 1.82) is 0 Å². The molecule has 3 rings (SSSR count). The number of amides is 1. The molecular formula is C26H34N4O. The molecule has 164 valence electrons. The van der Waals surface area contributed by atoms with Crippen LogP contribution in [-0.4, -0.2) is 45.1 Å². The van der Waals surface area contributed by atoms with Gasteiger partial charge in [0.2, 0.25) is 0 Å². The standard InChI is InChI=1S/C26H34N4O/c1-7-29(19(2)3)17-22-13-15-23(16-14-22)26(31)28(6)18-25-20(4)27-30(21(25)5)24-11-9-8-10-12-24/h8-16,19H,7,17-18H2,1-6H3. The summed E-state index contributed by atoms with van der Waals surface area (Å²) in [5, 5.41) is 4.70. The molecule has 1 amide bonds. The third-order valence-electron chi connectivity index (χ3n) is 5.91. The summed E-state index contributed by atoms with van der Waals surface area (Å²) in [7, 11) is 1.85. The summed E-state index contributed by atoms with van der Waals surface area (Å²) >= 11 is 0. The van der Waals surface area contributed by atoms with E-state index in [4.69, 9.17) is 5.10 Å². The van der Waals surface area contributed by atoms with Gasteiger partial charge in [-0.25, -0.2) is 4.68 Å². The fourth-order valence-electron chi connectivity index (χ4n) is 3.90. The predicted octanol–water partition coefficient (Wildman–Crippen LogP) is 4.99. The lowest BCUT2D eigenvalue weighted by molar-refractivity contribution is 0.0784. The van der Waals surface area contributed by atoms with Crippen LogP contribution < -0.4 is 0 Å². The Bertz CT molecular complexity index is 1010. The summed E-state index contributed by atoms with van der Waals surface area (Å²) in [5.74, 6) is 0.0222. The van der Waals surface area contributed by atoms with Crippen LogP contribution in [0.25, 0.3) is 5.69 Å². The van der Waals surface area contributed by atoms with Crippen LogP contribution in [0.1, 0.15) is 53.6 Å². The number of aromatic nitrogens is 2. The maximum atomic E-state index is 13.0. The van der Waals surface area contributed by atoms with E-state index in [1.807, 2.05) is 61.1 Å². The summed E-state index contributed by atoms with van der Waals surface area (Å²) in [5.41, 5.74) is 6.07. The SMILES string of the molecule is CCN(Cc1ccc(C(=O)N(C)Cc2c(C)nn(-c3ccccc3)c2C)cc1)C(C)C. The molecule has 0 atom stereocenters. The highest BCUT2D eigenvalue weighted by atomic mass is 16.2. The van der Waals surface area contributed by atoms with Crippen LogP contribution in [0.5, 0.6) is 0 Å². The number of para-hydroxylation sites is 1. The second-order valence-electron chi connectivity index (χ2n) is 8.41. The normalized spacial score (nSPS) is 11.4. The maximum Gasteiger partial charge on any atom is 0.253 e. The zero-order valence-corrected chi connectivity index (χ0v) is 19.6. The molecule has 0 spiro atoms. The molecule has 0 saturated carbocycles. The Hall–Kier alpha value is -2.92. The zero-order chi connectivity index (χ0) is 22.5. The molecule has 0 fully saturated rings. The van der Waals surface area contributed by atoms with Gasteiger partial charge in [0.15, 0.2) is 0 Å². The van der Waals surface area contributed by atoms with Gasteiger partial charge in [0, 0.05) is 43.0 Å². The van der Waals surface area contributed by atoms with Crippen LogP contribution in [0.3, 0.4) is 0 Å². The van der Waals surface area contributed by atoms with Gasteiger partial charge in [0.05, 0.1) is 11.4 Å². The Morgan fingerprint density at radius 3 is 2.23 bits per heavy atom. The molecule has 0 aliphatic rings. The third-order valence-corrected chi connectivity index (χ3v) is 5.91. The quantitative estimate of drug-likeness (QED) is 0.517. The number of carbonyl (C=O) groups excluding carboxylic acids is 1. The summed E-state index contributed by atoms with van der Waals surface area (Å²) in [6.07, 6.45) is 0. The second-order valence-corrected chi connectivity index (χ2v) is 8.41. The molecule has 0 aliphatic carbocycles. The summed E-state index contributed by atoms with van der Waals surface area (Å²) < 4.78 is 1.95. The van der Waals surface area contributed by atoms with Crippen LogP contribution in [0, 0.1) is 13.8 Å². The maximum absolute atomic E-state index is 13.0. The highest BCUT2D eigenvalue weighted by Gasteiger charge is 2.18. The average Bonchev–Trinajstić information content (AvgIpc) is 3.06. The first-order valence-corrected chi connectivity index (χ1v) is 11.0. The van der Waals surface area contributed by atoms with Crippen LogP contribution in [0.4, 0.5) is 0 Å². The Morgan fingerprint density at radius 2 is 1.65 bits per heavy atom. The lowest BCUT2D eigenvalue weighted by atomic mass is 10.1. The molecule has 0 radical (unpaired) electrons. The number of rotatable bonds is 8. The highest BCUT2D eigenvalue weighted by Crippen LogP contribution is 2.20. The van der Waals surface area contributed by atoms with Crippen LogP contribution in [0.2, 0.25) is 0 Å². The van der Waals surface area contributed by atoms with Crippen molar-refractivity contribution in [2.75, 3.05) is 13.6 Å². The van der Waals surface area contributed by atoms with E-state index in [-0.39, 0.29) is 5.91 Å². The van der Waals surface area contributed by atoms with Gasteiger partial charge in [-0.2, -0.15) is 5.10 Å². The van der Waals surface area contributed by atoms with Gasteiger partial charge in [-0.15, -0.1) is 0 Å². The molecular weight excluding hydrogens is 384 g/mol. The van der Waals surface area contributed by atoms with Gasteiger partial charge < -0.3 is 4.90 Å². The van der Waals surface area contributed by atoms with Gasteiger partial charge >= 0.3 is 0 Å². The number of carbonyl (C=O) groups is 1. The Kier molecular flexibility index (Phi) is 7.29. The van der Waals surface area contributed by atoms with E-state index < -0.39 is 0 Å². The minimum absolute atomic E-state index is 0.0222. The fourth-order valence-corrected chi connectivity index (χ4v) is 3.90. The highest BCUT2D eigenvalue weighted by molar-refractivity contribution is 5.94. The lowest BCUT2D eigenvalue weighted by Gasteiger charge is -2.25. The van der Waals surface area contributed by atoms with E-state index in [0.717, 1.165) is 35.7 Å². The summed E-state index contributed by atoms with van der Waals surface area (Å²) in [4.78, 5) is 17.2. The fraction of sp³-hybridized carbons (Fsp3) is 0.385. The van der Waals surface area contributed by atoms with E-state index in [0.29, 0.717) is 18.2 Å². The van der Waals surface area contributed by atoms with Crippen molar-refractivity contribution >= 4 is 5.91 Å². The third kappa shape index (κ3) is 5.23. The van der Waals surface area contributed by atoms with E-state index in [9.17, 15) is 4.79 Å². The first kappa shape index (κ1) is 22.8.